The van der Waals surface area contributed by atoms with Crippen molar-refractivity contribution >= 4 is 50.8 Å². The topological polar surface area (TPSA) is 203 Å². The molecule has 4 bridgehead atoms. The smallest absolute Gasteiger partial charge is 0.312 e. The van der Waals surface area contributed by atoms with Crippen LogP contribution < -0.4 is 10.1 Å². The van der Waals surface area contributed by atoms with Crippen LogP contribution in [0.25, 0.3) is 27.4 Å². The summed E-state index contributed by atoms with van der Waals surface area (Å²) in [5, 5.41) is 50.1. The number of hydrogen-bond donors (Lipinski definition) is 5. The van der Waals surface area contributed by atoms with E-state index >= 15 is 0 Å². The van der Waals surface area contributed by atoms with Crippen LogP contribution in [0, 0.1) is 37.5 Å². The summed E-state index contributed by atoms with van der Waals surface area (Å²) < 4.78 is 25.8. The van der Waals surface area contributed by atoms with E-state index in [2.05, 4.69) is 5.32 Å². The highest BCUT2D eigenvalue weighted by atomic mass is 16.7. The first-order valence-corrected chi connectivity index (χ1v) is 20.6. The third-order valence-electron chi connectivity index (χ3n) is 12.5. The van der Waals surface area contributed by atoms with Crippen LogP contribution in [-0.4, -0.2) is 85.7 Å². The van der Waals surface area contributed by atoms with E-state index in [0.29, 0.717) is 11.4 Å². The lowest BCUT2D eigenvalue weighted by Gasteiger charge is -2.38. The second-order valence-electron chi connectivity index (χ2n) is 16.8. The summed E-state index contributed by atoms with van der Waals surface area (Å²) in [7, 11) is 1.45. The molecule has 1 aromatic heterocycles. The number of aliphatic hydroxyl groups excluding tert-OH is 2. The van der Waals surface area contributed by atoms with E-state index in [1.54, 1.807) is 82.5 Å². The predicted octanol–water partition coefficient (Wildman–Crippen LogP) is 7.50. The molecule has 0 saturated carbocycles. The maximum absolute atomic E-state index is 14.9. The van der Waals surface area contributed by atoms with Crippen LogP contribution in [0.4, 0.5) is 5.69 Å². The molecule has 0 saturated heterocycles. The molecule has 1 amide bonds. The van der Waals surface area contributed by atoms with E-state index < -0.39 is 88.8 Å². The van der Waals surface area contributed by atoms with Gasteiger partial charge in [0.25, 0.3) is 11.7 Å². The van der Waals surface area contributed by atoms with Gasteiger partial charge in [-0.1, -0.05) is 64.1 Å². The number of benzene rings is 3. The lowest BCUT2D eigenvalue weighted by molar-refractivity contribution is -0.160. The first kappa shape index (κ1) is 45.6. The van der Waals surface area contributed by atoms with Crippen molar-refractivity contribution in [3.8, 4) is 22.9 Å². The van der Waals surface area contributed by atoms with Gasteiger partial charge in [-0.2, -0.15) is 0 Å². The van der Waals surface area contributed by atoms with E-state index in [1.807, 2.05) is 6.07 Å². The van der Waals surface area contributed by atoms with Crippen LogP contribution in [0.2, 0.25) is 0 Å². The van der Waals surface area contributed by atoms with E-state index in [-0.39, 0.29) is 55.4 Å². The number of ether oxygens (including phenoxy) is 4. The molecule has 2 aliphatic rings. The highest BCUT2D eigenvalue weighted by Crippen LogP contribution is 2.55. The van der Waals surface area contributed by atoms with Crippen LogP contribution in [0.3, 0.4) is 0 Å². The fraction of sp³-hybridized carbons (Fsp3) is 0.417. The Morgan fingerprint density at radius 3 is 2.15 bits per heavy atom. The number of nitrogens with zero attached hydrogens (tertiary/aromatic N) is 1. The number of amides is 1. The first-order chi connectivity index (χ1) is 29.2. The standard InChI is InChI=1S/C48H56N2O12/c1-22-16-15-17-23(2)47(58)49-38-35-33(29(8)51)28(7)50(31-18-13-12-14-19-31)39(35)34-36(43(38)56)42(55)27(6)45-37(34)46(57)48(10,62-45)60-21-20-32(59-11)24(3)44(61-30(9)52)26(5)41(54)25(4)40(22)53/h12-22,24-26,32,40-41,44,53-56H,1-11H3,(H,49,58)/b16-15-,21-20+,23-17?. The zero-order valence-electron chi connectivity index (χ0n) is 36.9. The number of aliphatic hydroxyl groups is 2. The number of esters is 1. The summed E-state index contributed by atoms with van der Waals surface area (Å²) in [5.74, 6) is -7.90. The third-order valence-corrected chi connectivity index (χ3v) is 12.5. The minimum atomic E-state index is -2.03. The molecule has 6 rings (SSSR count). The van der Waals surface area contributed by atoms with E-state index in [4.69, 9.17) is 18.9 Å². The number of fused-ring (bicyclic) bond motifs is 1. The summed E-state index contributed by atoms with van der Waals surface area (Å²) in [6, 6.07) is 9.02. The van der Waals surface area contributed by atoms with Crippen LogP contribution in [0.15, 0.2) is 66.5 Å². The van der Waals surface area contributed by atoms with Crippen molar-refractivity contribution in [2.45, 2.75) is 99.4 Å². The number of hydrogen-bond acceptors (Lipinski definition) is 12. The molecular formula is C48H56N2O12. The van der Waals surface area contributed by atoms with Gasteiger partial charge in [-0.3, -0.25) is 19.2 Å². The molecule has 14 nitrogen and oxygen atoms in total. The van der Waals surface area contributed by atoms with Gasteiger partial charge in [0, 0.05) is 83.5 Å². The maximum atomic E-state index is 14.9. The SMILES string of the molecule is COC1/C=C/OC2(C)Oc3c(C)c(O)c4c(O)c(c5c(C(C)=O)c(C)n(-c6ccccc6)c5c4c3C2=O)NC(=O)C(C)=C/C=C\C(C)C(O)C(C)C(O)C(C)C(OC(C)=O)C1C. The molecule has 0 radical (unpaired) electrons. The summed E-state index contributed by atoms with van der Waals surface area (Å²) in [6.45, 7) is 15.8. The van der Waals surface area contributed by atoms with Crippen molar-refractivity contribution in [3.63, 3.8) is 0 Å². The van der Waals surface area contributed by atoms with Crippen molar-refractivity contribution in [2.24, 2.45) is 23.7 Å². The average Bonchev–Trinajstić information content (AvgIpc) is 3.69. The number of rotatable bonds is 4. The summed E-state index contributed by atoms with van der Waals surface area (Å²) >= 11 is 0. The normalized spacial score (nSPS) is 28.3. The van der Waals surface area contributed by atoms with Gasteiger partial charge in [0.05, 0.1) is 46.7 Å². The van der Waals surface area contributed by atoms with Crippen molar-refractivity contribution in [1.29, 1.82) is 0 Å². The largest absolute Gasteiger partial charge is 0.507 e. The van der Waals surface area contributed by atoms with E-state index in [9.17, 15) is 39.6 Å². The Morgan fingerprint density at radius 2 is 1.53 bits per heavy atom. The molecular weight excluding hydrogens is 797 g/mol. The number of para-hydroxylation sites is 1. The number of allylic oxidation sites excluding steroid dienone is 2. The number of nitrogens with one attached hydrogen (secondary N) is 1. The lowest BCUT2D eigenvalue weighted by atomic mass is 9.78. The number of methoxy groups -OCH3 is 1. The molecule has 9 unspecified atom stereocenters. The van der Waals surface area contributed by atoms with Crippen LogP contribution >= 0.6 is 0 Å². The number of aromatic nitrogens is 1. The Labute approximate surface area is 360 Å². The summed E-state index contributed by atoms with van der Waals surface area (Å²) in [6.07, 6.45) is 3.65. The van der Waals surface area contributed by atoms with Crippen molar-refractivity contribution in [2.75, 3.05) is 12.4 Å². The zero-order chi connectivity index (χ0) is 45.7. The first-order valence-electron chi connectivity index (χ1n) is 20.6. The monoisotopic (exact) mass is 852 g/mol. The average molecular weight is 853 g/mol. The van der Waals surface area contributed by atoms with Gasteiger partial charge in [0.15, 0.2) is 11.5 Å². The maximum Gasteiger partial charge on any atom is 0.312 e. The van der Waals surface area contributed by atoms with Crippen molar-refractivity contribution in [3.05, 3.63) is 88.9 Å². The molecule has 14 heteroatoms. The number of phenols is 2. The lowest BCUT2D eigenvalue weighted by Crippen LogP contribution is -2.46. The minimum absolute atomic E-state index is 0.0211. The summed E-state index contributed by atoms with van der Waals surface area (Å²) in [5.41, 5.74) is 1.49. The minimum Gasteiger partial charge on any atom is -0.507 e. The van der Waals surface area contributed by atoms with Gasteiger partial charge >= 0.3 is 11.8 Å². The number of carbonyl (C=O) groups is 4. The van der Waals surface area contributed by atoms with Crippen molar-refractivity contribution in [1.82, 2.24) is 4.57 Å². The Balaban J connectivity index is 1.66. The van der Waals surface area contributed by atoms with Gasteiger partial charge in [-0.25, -0.2) is 0 Å². The molecule has 0 fully saturated rings. The predicted molar refractivity (Wildman–Crippen MR) is 234 cm³/mol. The number of carbonyl (C=O) groups excluding carboxylic acids is 4. The van der Waals surface area contributed by atoms with Gasteiger partial charge in [0.1, 0.15) is 17.6 Å². The Hall–Kier alpha value is -5.96. The molecule has 62 heavy (non-hydrogen) atoms. The van der Waals surface area contributed by atoms with Gasteiger partial charge in [-0.05, 0) is 45.9 Å². The molecule has 2 aliphatic heterocycles. The molecule has 330 valence electrons. The molecule has 3 heterocycles. The number of phenolic OH excluding ortho intramolecular Hbond substituents is 2. The Morgan fingerprint density at radius 1 is 0.871 bits per heavy atom. The molecule has 0 spiro atoms. The molecule has 9 atom stereocenters. The summed E-state index contributed by atoms with van der Waals surface area (Å²) in [4.78, 5) is 55.1. The quantitative estimate of drug-likeness (QED) is 0.0770. The van der Waals surface area contributed by atoms with Gasteiger partial charge in [0.2, 0.25) is 0 Å². The van der Waals surface area contributed by atoms with Crippen LogP contribution in [0.1, 0.15) is 87.4 Å². The second kappa shape index (κ2) is 17.4. The zero-order valence-corrected chi connectivity index (χ0v) is 36.9. The van der Waals surface area contributed by atoms with Gasteiger partial charge < -0.3 is 49.3 Å². The molecule has 5 N–H and O–H groups in total. The third kappa shape index (κ3) is 7.75. The molecule has 0 aliphatic carbocycles. The van der Waals surface area contributed by atoms with Crippen molar-refractivity contribution < 1.29 is 58.6 Å². The highest BCUT2D eigenvalue weighted by Gasteiger charge is 2.50. The van der Waals surface area contributed by atoms with Gasteiger partial charge in [-0.15, -0.1) is 0 Å². The number of Topliss-reactive ketones (excluding diaryl/α,β-unsaturated/α-hetero) is 2. The Kier molecular flexibility index (Phi) is 12.8. The Bertz CT molecular complexity index is 2550. The number of ketones is 2. The molecule has 4 aromatic rings. The molecule has 3 aromatic carbocycles. The highest BCUT2D eigenvalue weighted by molar-refractivity contribution is 6.31. The second-order valence-corrected chi connectivity index (χ2v) is 16.8. The van der Waals surface area contributed by atoms with Crippen LogP contribution in [-0.2, 0) is 23.8 Å². The number of anilines is 1. The number of aromatic hydroxyl groups is 2. The fourth-order valence-electron chi connectivity index (χ4n) is 8.98. The van der Waals surface area contributed by atoms with E-state index in [0.717, 1.165) is 0 Å². The fourth-order valence-corrected chi connectivity index (χ4v) is 8.98. The van der Waals surface area contributed by atoms with E-state index in [1.165, 1.54) is 53.2 Å². The van der Waals surface area contributed by atoms with Crippen LogP contribution in [0.5, 0.6) is 17.2 Å².